The van der Waals surface area contributed by atoms with Gasteiger partial charge in [-0.05, 0) is 39.7 Å². The summed E-state index contributed by atoms with van der Waals surface area (Å²) in [5.74, 6) is -5.43. The number of phenols is 2. The lowest BCUT2D eigenvalue weighted by Gasteiger charge is -2.40. The van der Waals surface area contributed by atoms with E-state index in [9.17, 15) is 34.8 Å². The number of nitrogens with one attached hydrogen (secondary N) is 1. The molecule has 9 rings (SSSR count). The summed E-state index contributed by atoms with van der Waals surface area (Å²) in [5, 5.41) is 55.3. The van der Waals surface area contributed by atoms with Crippen molar-refractivity contribution in [1.82, 2.24) is 19.9 Å². The highest BCUT2D eigenvalue weighted by atomic mass is 16.7. The number of amides is 2. The van der Waals surface area contributed by atoms with Crippen molar-refractivity contribution < 1.29 is 58.3 Å². The number of rotatable bonds is 6. The molecule has 1 spiro atoms. The van der Waals surface area contributed by atoms with Gasteiger partial charge >= 0.3 is 11.9 Å². The van der Waals surface area contributed by atoms with Crippen LogP contribution < -0.4 is 20.8 Å². The van der Waals surface area contributed by atoms with Crippen LogP contribution in [0.4, 0.5) is 10.5 Å². The second kappa shape index (κ2) is 21.4. The first kappa shape index (κ1) is 54.4. The number of hydrogen-bond acceptors (Lipinski definition) is 17. The Kier molecular flexibility index (Phi) is 15.7. The Balaban J connectivity index is 1.17. The van der Waals surface area contributed by atoms with Gasteiger partial charge in [-0.15, -0.1) is 0 Å². The number of ether oxygens (including phenoxy) is 4. The van der Waals surface area contributed by atoms with Gasteiger partial charge in [0.05, 0.1) is 46.6 Å². The number of piperidine rings is 1. The SMILES string of the molecule is CO[C@H]1/C=C/O[C@@]2(C)Oc3c(C)c(O)c4c(O)c(c5c(c4c3C2=O)=NC2(CCN(CC(C)C)CC2)N=5)NC(=O)/C(C)=C\C=C\[C@H](C)[C@H](O)[C@@H](C)[C@@H](O)[C@@H](C)[C@H](OC(=O)N2CCN(Cc3c(C)noc3C)CC2)[C@@H]1C. The third-order valence-electron chi connectivity index (χ3n) is 16.0. The van der Waals surface area contributed by atoms with Crippen molar-refractivity contribution in [2.75, 3.05) is 58.2 Å². The van der Waals surface area contributed by atoms with E-state index in [0.29, 0.717) is 64.6 Å². The number of piperazine rings is 1. The molecule has 19 heteroatoms. The van der Waals surface area contributed by atoms with Crippen molar-refractivity contribution in [1.29, 1.82) is 0 Å². The number of methoxy groups -OCH3 is 1. The number of Topliss-reactive ketones (excluding diaryl/α,β-unsaturated/α-hetero) is 1. The lowest BCUT2D eigenvalue weighted by atomic mass is 9.78. The average molecular weight is 1030 g/mol. The standard InChI is InChI=1S/C55H75N7O12/c1-28(2)26-60-19-17-55(18-20-60)57-42-39-40-47(65)34(8)50-41(39)51(67)54(11,73-50)71-25-16-38(70-12)31(5)49(72-53(69)62-23-21-61(22-24-62)27-37-35(9)59-74-36(37)10)33(7)46(64)32(6)45(63)29(3)14-13-15-30(4)52(68)56-44(48(40)66)43(42)58-55/h13-16,25,28-29,31-33,38,45-46,49,63-66H,17-24,26-27H2,1-12H3,(H,56,68)/b14-13+,25-16+,30-15-/t29-,31+,32+,33+,38-,45-,46+,49+,54-/m0/s1. The first-order valence-electron chi connectivity index (χ1n) is 26.0. The second-order valence-electron chi connectivity index (χ2n) is 21.8. The lowest BCUT2D eigenvalue weighted by Crippen LogP contribution is -2.52. The molecule has 402 valence electrons. The molecule has 2 saturated heterocycles. The molecular formula is C55H75N7O12. The first-order chi connectivity index (χ1) is 35.0. The number of aryl methyl sites for hydroxylation is 2. The number of ketones is 1. The van der Waals surface area contributed by atoms with Gasteiger partial charge in [0, 0.05) is 125 Å². The molecule has 2 amide bonds. The third kappa shape index (κ3) is 10.3. The third-order valence-corrected chi connectivity index (χ3v) is 16.0. The van der Waals surface area contributed by atoms with E-state index >= 15 is 0 Å². The van der Waals surface area contributed by atoms with Gasteiger partial charge in [0.15, 0.2) is 11.4 Å². The van der Waals surface area contributed by atoms with E-state index in [-0.39, 0.29) is 55.4 Å². The average Bonchev–Trinajstić information content (AvgIpc) is 4.00. The molecule has 9 atom stereocenters. The highest BCUT2D eigenvalue weighted by Gasteiger charge is 2.50. The van der Waals surface area contributed by atoms with Crippen LogP contribution in [0.2, 0.25) is 0 Å². The maximum absolute atomic E-state index is 15.0. The Morgan fingerprint density at radius 1 is 0.878 bits per heavy atom. The molecule has 0 aliphatic carbocycles. The second-order valence-corrected chi connectivity index (χ2v) is 21.8. The highest BCUT2D eigenvalue weighted by molar-refractivity contribution is 6.19. The topological polar surface area (TPSA) is 242 Å². The number of aliphatic hydroxyl groups excluding tert-OH is 2. The van der Waals surface area contributed by atoms with Crippen LogP contribution in [-0.2, 0) is 25.5 Å². The molecule has 2 aromatic carbocycles. The highest BCUT2D eigenvalue weighted by Crippen LogP contribution is 2.50. The number of fused-ring (bicyclic) bond motifs is 13. The number of aliphatic hydroxyl groups is 2. The van der Waals surface area contributed by atoms with Gasteiger partial charge in [-0.1, -0.05) is 64.9 Å². The van der Waals surface area contributed by atoms with Crippen LogP contribution in [0.1, 0.15) is 101 Å². The minimum atomic E-state index is -1.99. The van der Waals surface area contributed by atoms with Crippen molar-refractivity contribution in [2.45, 2.75) is 131 Å². The summed E-state index contributed by atoms with van der Waals surface area (Å²) in [6, 6.07) is 0. The fourth-order valence-electron chi connectivity index (χ4n) is 11.2. The fourth-order valence-corrected chi connectivity index (χ4v) is 11.2. The number of likely N-dealkylation sites (tertiary alicyclic amines) is 1. The Bertz CT molecular complexity index is 2860. The minimum Gasteiger partial charge on any atom is -0.507 e. The molecule has 5 N–H and O–H groups in total. The molecule has 3 aromatic rings. The molecule has 0 saturated carbocycles. The number of aromatic nitrogens is 1. The number of allylic oxidation sites excluding steroid dienone is 2. The predicted molar refractivity (Wildman–Crippen MR) is 275 cm³/mol. The zero-order chi connectivity index (χ0) is 53.7. The number of anilines is 1. The molecule has 5 bridgehead atoms. The molecule has 0 radical (unpaired) electrons. The molecule has 6 aliphatic heterocycles. The largest absolute Gasteiger partial charge is 0.507 e. The number of carbonyl (C=O) groups is 3. The van der Waals surface area contributed by atoms with Gasteiger partial charge < -0.3 is 59.0 Å². The normalized spacial score (nSPS) is 30.6. The van der Waals surface area contributed by atoms with Crippen LogP contribution >= 0.6 is 0 Å². The van der Waals surface area contributed by atoms with E-state index in [0.717, 1.165) is 23.6 Å². The lowest BCUT2D eigenvalue weighted by molar-refractivity contribution is -0.112. The Morgan fingerprint density at radius 3 is 2.19 bits per heavy atom. The van der Waals surface area contributed by atoms with E-state index in [1.165, 1.54) is 20.3 Å². The van der Waals surface area contributed by atoms with Crippen molar-refractivity contribution in [3.05, 3.63) is 75.0 Å². The Labute approximate surface area is 432 Å². The van der Waals surface area contributed by atoms with E-state index in [2.05, 4.69) is 34.1 Å². The molecule has 2 fully saturated rings. The van der Waals surface area contributed by atoms with Gasteiger partial charge in [-0.25, -0.2) is 4.79 Å². The van der Waals surface area contributed by atoms with Crippen molar-refractivity contribution in [3.8, 4) is 17.2 Å². The van der Waals surface area contributed by atoms with Crippen molar-refractivity contribution >= 4 is 34.2 Å². The number of aromatic hydroxyl groups is 2. The van der Waals surface area contributed by atoms with Crippen LogP contribution in [0.25, 0.3) is 10.8 Å². The fraction of sp³-hybridized carbons (Fsp3) is 0.600. The Hall–Kier alpha value is -5.86. The number of phenolic OH excluding ortho intramolecular Hbond substituents is 2. The van der Waals surface area contributed by atoms with Crippen LogP contribution in [0.3, 0.4) is 0 Å². The van der Waals surface area contributed by atoms with Gasteiger partial charge in [0.25, 0.3) is 11.7 Å². The molecule has 74 heavy (non-hydrogen) atoms. The van der Waals surface area contributed by atoms with E-state index in [1.54, 1.807) is 63.8 Å². The molecule has 6 aliphatic rings. The monoisotopic (exact) mass is 1030 g/mol. The molecule has 0 unspecified atom stereocenters. The van der Waals surface area contributed by atoms with E-state index in [1.807, 2.05) is 20.8 Å². The summed E-state index contributed by atoms with van der Waals surface area (Å²) >= 11 is 0. The molecular weight excluding hydrogens is 951 g/mol. The quantitative estimate of drug-likeness (QED) is 0.185. The first-order valence-corrected chi connectivity index (χ1v) is 26.0. The number of nitrogens with zero attached hydrogens (tertiary/aromatic N) is 6. The molecule has 1 aromatic heterocycles. The Morgan fingerprint density at radius 2 is 1.55 bits per heavy atom. The summed E-state index contributed by atoms with van der Waals surface area (Å²) in [4.78, 5) is 59.8. The predicted octanol–water partition coefficient (Wildman–Crippen LogP) is 5.75. The maximum Gasteiger partial charge on any atom is 0.410 e. The smallest absolute Gasteiger partial charge is 0.410 e. The van der Waals surface area contributed by atoms with E-state index in [4.69, 9.17) is 33.5 Å². The summed E-state index contributed by atoms with van der Waals surface area (Å²) in [5.41, 5.74) is 1.23. The number of carbonyl (C=O) groups excluding carboxylic acids is 3. The summed E-state index contributed by atoms with van der Waals surface area (Å²) in [6.07, 6.45) is 4.27. The summed E-state index contributed by atoms with van der Waals surface area (Å²) in [7, 11) is 1.49. The van der Waals surface area contributed by atoms with Gasteiger partial charge in [-0.3, -0.25) is 24.5 Å². The van der Waals surface area contributed by atoms with Gasteiger partial charge in [0.1, 0.15) is 34.4 Å². The van der Waals surface area contributed by atoms with E-state index < -0.39 is 83.1 Å². The van der Waals surface area contributed by atoms with Gasteiger partial charge in [-0.2, -0.15) is 0 Å². The minimum absolute atomic E-state index is 0.0287. The van der Waals surface area contributed by atoms with Crippen molar-refractivity contribution in [3.63, 3.8) is 0 Å². The molecule has 19 nitrogen and oxygen atoms in total. The maximum atomic E-state index is 15.0. The molecule has 7 heterocycles. The van der Waals surface area contributed by atoms with Gasteiger partial charge in [0.2, 0.25) is 0 Å². The van der Waals surface area contributed by atoms with Crippen LogP contribution in [0.5, 0.6) is 17.2 Å². The van der Waals surface area contributed by atoms with Crippen LogP contribution in [0, 0.1) is 50.4 Å². The number of hydrogen-bond donors (Lipinski definition) is 5. The zero-order valence-electron chi connectivity index (χ0n) is 44.9. The summed E-state index contributed by atoms with van der Waals surface area (Å²) < 4.78 is 30.4. The zero-order valence-corrected chi connectivity index (χ0v) is 44.9. The van der Waals surface area contributed by atoms with Crippen LogP contribution in [-0.4, -0.2) is 147 Å². The summed E-state index contributed by atoms with van der Waals surface area (Å²) in [6.45, 7) is 24.7. The van der Waals surface area contributed by atoms with Crippen LogP contribution in [0.15, 0.2) is 50.6 Å². The number of benzene rings is 2. The van der Waals surface area contributed by atoms with Crippen molar-refractivity contribution in [2.24, 2.45) is 39.6 Å².